The van der Waals surface area contributed by atoms with Gasteiger partial charge in [-0.3, -0.25) is 28.5 Å². The minimum Gasteiger partial charge on any atom is -0.459 e. The van der Waals surface area contributed by atoms with Crippen LogP contribution in [0.25, 0.3) is 22.0 Å². The molecular weight excluding hydrogens is 813 g/mol. The van der Waals surface area contributed by atoms with Crippen molar-refractivity contribution in [3.8, 4) is 17.1 Å². The van der Waals surface area contributed by atoms with Crippen LogP contribution in [-0.4, -0.2) is 88.3 Å². The highest BCUT2D eigenvalue weighted by Crippen LogP contribution is 2.46. The molecule has 3 aromatic rings. The number of carbonyl (C=O) groups excluding carboxylic acids is 4. The fraction of sp³-hybridized carbons (Fsp3) is 0.522. The molecule has 1 aromatic heterocycles. The fourth-order valence-corrected chi connectivity index (χ4v) is 11.4. The summed E-state index contributed by atoms with van der Waals surface area (Å²) in [7, 11) is -3.93. The number of amides is 4. The first-order chi connectivity index (χ1) is 29.9. The predicted molar refractivity (Wildman–Crippen MR) is 230 cm³/mol. The molecule has 2 bridgehead atoms. The zero-order chi connectivity index (χ0) is 43.2. The van der Waals surface area contributed by atoms with Crippen molar-refractivity contribution >= 4 is 44.7 Å². The Morgan fingerprint density at radius 3 is 2.42 bits per heavy atom. The molecular formula is C46H54N6O9S. The van der Waals surface area contributed by atoms with Crippen LogP contribution < -0.4 is 25.7 Å². The molecule has 62 heavy (non-hydrogen) atoms. The molecule has 2 aliphatic heterocycles. The second kappa shape index (κ2) is 17.0. The van der Waals surface area contributed by atoms with Crippen molar-refractivity contribution in [2.45, 2.75) is 125 Å². The number of allylic oxidation sites excluding steroid dienone is 2. The second-order valence-electron chi connectivity index (χ2n) is 17.9. The van der Waals surface area contributed by atoms with E-state index in [9.17, 15) is 32.4 Å². The van der Waals surface area contributed by atoms with E-state index in [1.165, 1.54) is 15.5 Å². The standard InChI is InChI=1S/C46H54N6O9S/c1-2-32-26-46(32,43(56)50-62(58,59)34-20-21-34)49-40(53)37-25-33-27-52(37)42(55)39(30-15-8-9-16-30)48-45(57)61-38-18-11-17-29(38)14-7-4-10-23-51-41(54)35-22-19-31(28-12-5-3-6-13-28)24-36(35)47-44(51)60-33/h2-6,10,12-13,19,22,24,29-30,32-34,37-39H,1,7-9,11,14-18,20-21,23,25-27H2,(H,48,57)(H,49,53)(H,50,56)/b10-4-/t29-,32-,33-,37+,38-,39+,46-/m1/s1. The summed E-state index contributed by atoms with van der Waals surface area (Å²) >= 11 is 0. The number of carbonyl (C=O) groups is 4. The van der Waals surface area contributed by atoms with Gasteiger partial charge in [0.2, 0.25) is 21.8 Å². The monoisotopic (exact) mass is 866 g/mol. The van der Waals surface area contributed by atoms with Crippen LogP contribution in [0.4, 0.5) is 4.79 Å². The lowest BCUT2D eigenvalue weighted by atomic mass is 9.96. The van der Waals surface area contributed by atoms with Gasteiger partial charge < -0.3 is 25.0 Å². The minimum atomic E-state index is -3.93. The molecule has 16 heteroatoms. The highest BCUT2D eigenvalue weighted by atomic mass is 32.2. The third kappa shape index (κ3) is 8.37. The number of sulfonamides is 1. The molecule has 2 aromatic carbocycles. The lowest BCUT2D eigenvalue weighted by Crippen LogP contribution is -2.59. The van der Waals surface area contributed by atoms with Gasteiger partial charge in [0.15, 0.2) is 0 Å². The van der Waals surface area contributed by atoms with Crippen LogP contribution in [0.1, 0.15) is 83.5 Å². The van der Waals surface area contributed by atoms with Crippen LogP contribution in [0.2, 0.25) is 0 Å². The first kappa shape index (κ1) is 41.8. The zero-order valence-corrected chi connectivity index (χ0v) is 35.5. The summed E-state index contributed by atoms with van der Waals surface area (Å²) in [5, 5.41) is 5.51. The van der Waals surface area contributed by atoms with Crippen LogP contribution in [0.5, 0.6) is 6.01 Å². The van der Waals surface area contributed by atoms with Gasteiger partial charge in [0.1, 0.15) is 29.8 Å². The van der Waals surface area contributed by atoms with E-state index in [1.54, 1.807) is 6.07 Å². The van der Waals surface area contributed by atoms with Crippen LogP contribution in [0.3, 0.4) is 0 Å². The van der Waals surface area contributed by atoms with Gasteiger partial charge in [-0.2, -0.15) is 4.98 Å². The number of aromatic nitrogens is 2. The van der Waals surface area contributed by atoms with Gasteiger partial charge in [-0.05, 0) is 99.3 Å². The van der Waals surface area contributed by atoms with Crippen LogP contribution >= 0.6 is 0 Å². The zero-order valence-electron chi connectivity index (χ0n) is 34.7. The average molecular weight is 867 g/mol. The van der Waals surface area contributed by atoms with Crippen LogP contribution in [0, 0.1) is 17.8 Å². The molecule has 3 heterocycles. The molecule has 3 N–H and O–H groups in total. The minimum absolute atomic E-state index is 0.0249. The van der Waals surface area contributed by atoms with E-state index in [1.807, 2.05) is 54.6 Å². The summed E-state index contributed by atoms with van der Waals surface area (Å²) in [4.78, 5) is 77.6. The van der Waals surface area contributed by atoms with Crippen molar-refractivity contribution in [2.75, 3.05) is 6.54 Å². The number of nitrogens with one attached hydrogen (secondary N) is 3. The Hall–Kier alpha value is -5.51. The van der Waals surface area contributed by atoms with E-state index in [2.05, 4.69) is 21.9 Å². The number of hydrogen-bond acceptors (Lipinski definition) is 10. The molecule has 0 radical (unpaired) electrons. The first-order valence-corrected chi connectivity index (χ1v) is 23.7. The molecule has 4 amide bonds. The van der Waals surface area contributed by atoms with Crippen LogP contribution in [0.15, 0.2) is 78.1 Å². The molecule has 6 aliphatic rings. The Balaban J connectivity index is 1.08. The van der Waals surface area contributed by atoms with Gasteiger partial charge in [0, 0.05) is 18.9 Å². The normalized spacial score (nSPS) is 29.8. The Morgan fingerprint density at radius 2 is 1.68 bits per heavy atom. The number of nitrogens with zero attached hydrogens (tertiary/aromatic N) is 3. The average Bonchev–Trinajstić information content (AvgIpc) is 4.05. The summed E-state index contributed by atoms with van der Waals surface area (Å²) in [6, 6.07) is 13.1. The maximum Gasteiger partial charge on any atom is 0.408 e. The largest absolute Gasteiger partial charge is 0.459 e. The third-order valence-electron chi connectivity index (χ3n) is 13.8. The predicted octanol–water partition coefficient (Wildman–Crippen LogP) is 4.88. The number of benzene rings is 2. The maximum atomic E-state index is 15.0. The van der Waals surface area contributed by atoms with Crippen molar-refractivity contribution in [1.29, 1.82) is 0 Å². The highest BCUT2D eigenvalue weighted by molar-refractivity contribution is 7.91. The first-order valence-electron chi connectivity index (χ1n) is 22.1. The third-order valence-corrected chi connectivity index (χ3v) is 15.6. The second-order valence-corrected chi connectivity index (χ2v) is 19.9. The van der Waals surface area contributed by atoms with E-state index in [0.717, 1.165) is 43.2 Å². The van der Waals surface area contributed by atoms with Gasteiger partial charge >= 0.3 is 6.09 Å². The molecule has 9 rings (SSSR count). The molecule has 0 spiro atoms. The topological polar surface area (TPSA) is 195 Å². The fourth-order valence-electron chi connectivity index (χ4n) is 10.1. The van der Waals surface area contributed by atoms with E-state index in [-0.39, 0.29) is 55.4 Å². The summed E-state index contributed by atoms with van der Waals surface area (Å²) in [6.45, 7) is 3.86. The van der Waals surface area contributed by atoms with Gasteiger partial charge in [-0.25, -0.2) is 13.2 Å². The number of ether oxygens (including phenoxy) is 2. The Morgan fingerprint density at radius 1 is 0.903 bits per heavy atom. The SMILES string of the molecule is C=C[C@@H]1C[C@]1(NC(=O)[C@@H]1C[C@@H]2CN1C(=O)[C@H](C1CCCC1)NC(=O)O[C@@H]1CCC[C@H]1CC/C=C\Cn1c(nc3cc(-c4ccccc4)ccc3c1=O)O2)C(=O)NS(=O)(=O)C1CC1. The number of fused-ring (bicyclic) bond motifs is 5. The quantitative estimate of drug-likeness (QED) is 0.263. The van der Waals surface area contributed by atoms with E-state index < -0.39 is 68.7 Å². The number of alkyl carbamates (subject to hydrolysis) is 1. The molecule has 0 unspecified atom stereocenters. The number of hydrogen-bond donors (Lipinski definition) is 3. The van der Waals surface area contributed by atoms with Crippen molar-refractivity contribution in [1.82, 2.24) is 29.8 Å². The van der Waals surface area contributed by atoms with E-state index >= 15 is 0 Å². The Labute approximate surface area is 360 Å². The summed E-state index contributed by atoms with van der Waals surface area (Å²) in [5.41, 5.74) is 0.329. The molecule has 1 saturated heterocycles. The molecule has 15 nitrogen and oxygen atoms in total. The maximum absolute atomic E-state index is 15.0. The van der Waals surface area contributed by atoms with Gasteiger partial charge in [-0.1, -0.05) is 67.5 Å². The van der Waals surface area contributed by atoms with Crippen molar-refractivity contribution in [3.63, 3.8) is 0 Å². The molecule has 7 atom stereocenters. The summed E-state index contributed by atoms with van der Waals surface area (Å²) in [6.07, 6.45) is 11.7. The van der Waals surface area contributed by atoms with Crippen LogP contribution in [-0.2, 0) is 35.7 Å². The molecule has 328 valence electrons. The molecule has 4 saturated carbocycles. The lowest BCUT2D eigenvalue weighted by molar-refractivity contribution is -0.142. The van der Waals surface area contributed by atoms with Gasteiger partial charge in [-0.15, -0.1) is 6.58 Å². The van der Waals surface area contributed by atoms with Crippen molar-refractivity contribution in [3.05, 3.63) is 83.7 Å². The Bertz CT molecular complexity index is 2460. The smallest absolute Gasteiger partial charge is 0.408 e. The van der Waals surface area contributed by atoms with Crippen molar-refractivity contribution in [2.24, 2.45) is 17.8 Å². The molecule has 5 fully saturated rings. The highest BCUT2D eigenvalue weighted by Gasteiger charge is 2.62. The van der Waals surface area contributed by atoms with Crippen molar-refractivity contribution < 1.29 is 37.1 Å². The number of rotatable bonds is 8. The summed E-state index contributed by atoms with van der Waals surface area (Å²) in [5.74, 6) is -2.65. The Kier molecular flexibility index (Phi) is 11.5. The van der Waals surface area contributed by atoms with E-state index in [0.29, 0.717) is 49.4 Å². The molecule has 4 aliphatic carbocycles. The lowest BCUT2D eigenvalue weighted by Gasteiger charge is -2.32. The van der Waals surface area contributed by atoms with Gasteiger partial charge in [0.25, 0.3) is 17.5 Å². The van der Waals surface area contributed by atoms with E-state index in [4.69, 9.17) is 14.5 Å². The van der Waals surface area contributed by atoms with Gasteiger partial charge in [0.05, 0.1) is 22.7 Å². The summed E-state index contributed by atoms with van der Waals surface area (Å²) < 4.78 is 42.0.